The van der Waals surface area contributed by atoms with E-state index in [2.05, 4.69) is 5.10 Å². The van der Waals surface area contributed by atoms with Gasteiger partial charge in [-0.3, -0.25) is 4.68 Å². The minimum atomic E-state index is -0.446. The van der Waals surface area contributed by atoms with Crippen molar-refractivity contribution in [2.75, 3.05) is 6.61 Å². The van der Waals surface area contributed by atoms with Crippen molar-refractivity contribution in [3.8, 4) is 5.75 Å². The van der Waals surface area contributed by atoms with Crippen LogP contribution in [0.25, 0.3) is 0 Å². The molecular weight excluding hydrogens is 240 g/mol. The number of fused-ring (bicyclic) bond motifs is 1. The van der Waals surface area contributed by atoms with Crippen LogP contribution in [0.2, 0.25) is 0 Å². The molecule has 0 saturated carbocycles. The Morgan fingerprint density at radius 3 is 3.00 bits per heavy atom. The van der Waals surface area contributed by atoms with Crippen LogP contribution in [0.5, 0.6) is 5.75 Å². The Balaban J connectivity index is 1.79. The molecule has 0 bridgehead atoms. The van der Waals surface area contributed by atoms with E-state index < -0.39 is 6.10 Å². The van der Waals surface area contributed by atoms with Gasteiger partial charge in [0, 0.05) is 30.6 Å². The zero-order chi connectivity index (χ0) is 13.4. The van der Waals surface area contributed by atoms with Crippen LogP contribution in [0, 0.1) is 6.92 Å². The van der Waals surface area contributed by atoms with Crippen molar-refractivity contribution in [2.24, 2.45) is 7.05 Å². The number of benzene rings is 1. The normalized spacial score (nSPS) is 19.0. The molecule has 2 heterocycles. The Bertz CT molecular complexity index is 592. The fourth-order valence-corrected chi connectivity index (χ4v) is 2.72. The molecule has 0 fully saturated rings. The van der Waals surface area contributed by atoms with Crippen LogP contribution in [-0.2, 0) is 13.5 Å². The van der Waals surface area contributed by atoms with Crippen molar-refractivity contribution in [3.63, 3.8) is 0 Å². The fraction of sp³-hybridized carbons (Fsp3) is 0.400. The molecule has 1 N–H and O–H groups in total. The molecule has 0 amide bonds. The second-order valence-electron chi connectivity index (χ2n) is 5.13. The van der Waals surface area contributed by atoms with Gasteiger partial charge < -0.3 is 9.84 Å². The van der Waals surface area contributed by atoms with E-state index in [1.807, 2.05) is 49.0 Å². The number of aliphatic hydroxyl groups excluding tert-OH is 1. The van der Waals surface area contributed by atoms with E-state index in [9.17, 15) is 5.11 Å². The van der Waals surface area contributed by atoms with Gasteiger partial charge in [-0.2, -0.15) is 5.10 Å². The Kier molecular flexibility index (Phi) is 3.03. The van der Waals surface area contributed by atoms with E-state index in [0.717, 1.165) is 22.7 Å². The topological polar surface area (TPSA) is 47.3 Å². The third kappa shape index (κ3) is 2.24. The predicted molar refractivity (Wildman–Crippen MR) is 72.3 cm³/mol. The summed E-state index contributed by atoms with van der Waals surface area (Å²) >= 11 is 0. The minimum absolute atomic E-state index is 0.0476. The van der Waals surface area contributed by atoms with Crippen LogP contribution < -0.4 is 4.74 Å². The first-order chi connectivity index (χ1) is 9.15. The van der Waals surface area contributed by atoms with Crippen molar-refractivity contribution in [2.45, 2.75) is 25.4 Å². The molecule has 4 nitrogen and oxygen atoms in total. The van der Waals surface area contributed by atoms with Gasteiger partial charge in [0.1, 0.15) is 5.75 Å². The molecule has 2 unspecified atom stereocenters. The average Bonchev–Trinajstić information content (AvgIpc) is 2.93. The van der Waals surface area contributed by atoms with Crippen molar-refractivity contribution >= 4 is 0 Å². The molecule has 0 saturated heterocycles. The number of hydrogen-bond acceptors (Lipinski definition) is 3. The number of ether oxygens (including phenoxy) is 1. The van der Waals surface area contributed by atoms with Gasteiger partial charge in [-0.15, -0.1) is 0 Å². The summed E-state index contributed by atoms with van der Waals surface area (Å²) < 4.78 is 7.46. The molecular formula is C15H18N2O2. The summed E-state index contributed by atoms with van der Waals surface area (Å²) in [6.45, 7) is 2.52. The molecule has 0 radical (unpaired) electrons. The lowest BCUT2D eigenvalue weighted by Gasteiger charge is -2.17. The summed E-state index contributed by atoms with van der Waals surface area (Å²) in [5, 5.41) is 14.8. The number of aliphatic hydroxyl groups is 1. The molecule has 0 aliphatic carbocycles. The number of nitrogens with zero attached hydrogens (tertiary/aromatic N) is 2. The van der Waals surface area contributed by atoms with Crippen LogP contribution >= 0.6 is 0 Å². The SMILES string of the molecule is Cc1cc(CC(O)C2COc3ccccc32)n(C)n1. The van der Waals surface area contributed by atoms with E-state index in [1.54, 1.807) is 0 Å². The van der Waals surface area contributed by atoms with Gasteiger partial charge in [0.25, 0.3) is 0 Å². The zero-order valence-electron chi connectivity index (χ0n) is 11.2. The maximum atomic E-state index is 10.5. The summed E-state index contributed by atoms with van der Waals surface area (Å²) in [5.74, 6) is 0.944. The number of rotatable bonds is 3. The number of hydrogen-bond donors (Lipinski definition) is 1. The van der Waals surface area contributed by atoms with Crippen molar-refractivity contribution in [1.29, 1.82) is 0 Å². The maximum Gasteiger partial charge on any atom is 0.123 e. The highest BCUT2D eigenvalue weighted by atomic mass is 16.5. The first kappa shape index (κ1) is 12.2. The molecule has 4 heteroatoms. The second kappa shape index (κ2) is 4.70. The van der Waals surface area contributed by atoms with Gasteiger partial charge in [0.15, 0.2) is 0 Å². The molecule has 1 aliphatic rings. The highest BCUT2D eigenvalue weighted by molar-refractivity contribution is 5.40. The fourth-order valence-electron chi connectivity index (χ4n) is 2.72. The van der Waals surface area contributed by atoms with Crippen LogP contribution in [0.3, 0.4) is 0 Å². The Labute approximate surface area is 112 Å². The van der Waals surface area contributed by atoms with Crippen molar-refractivity contribution in [3.05, 3.63) is 47.3 Å². The van der Waals surface area contributed by atoms with Crippen LogP contribution in [-0.4, -0.2) is 27.6 Å². The van der Waals surface area contributed by atoms with Crippen LogP contribution in [0.15, 0.2) is 30.3 Å². The number of aryl methyl sites for hydroxylation is 2. The summed E-state index contributed by atoms with van der Waals surface area (Å²) in [4.78, 5) is 0. The first-order valence-corrected chi connectivity index (χ1v) is 6.54. The number of para-hydroxylation sites is 1. The summed E-state index contributed by atoms with van der Waals surface area (Å²) in [6.07, 6.45) is 0.151. The smallest absolute Gasteiger partial charge is 0.123 e. The Hall–Kier alpha value is -1.81. The maximum absolute atomic E-state index is 10.5. The highest BCUT2D eigenvalue weighted by Gasteiger charge is 2.30. The molecule has 100 valence electrons. The van der Waals surface area contributed by atoms with Gasteiger partial charge >= 0.3 is 0 Å². The quantitative estimate of drug-likeness (QED) is 0.913. The summed E-state index contributed by atoms with van der Waals surface area (Å²) in [7, 11) is 1.91. The van der Waals surface area contributed by atoms with E-state index in [-0.39, 0.29) is 5.92 Å². The molecule has 3 rings (SSSR count). The molecule has 1 aliphatic heterocycles. The van der Waals surface area contributed by atoms with E-state index in [1.165, 1.54) is 0 Å². The van der Waals surface area contributed by atoms with Gasteiger partial charge in [-0.25, -0.2) is 0 Å². The van der Waals surface area contributed by atoms with E-state index in [0.29, 0.717) is 13.0 Å². The molecule has 1 aromatic carbocycles. The van der Waals surface area contributed by atoms with Gasteiger partial charge in [0.2, 0.25) is 0 Å². The lowest BCUT2D eigenvalue weighted by atomic mass is 9.92. The summed E-state index contributed by atoms with van der Waals surface area (Å²) in [5.41, 5.74) is 3.14. The van der Waals surface area contributed by atoms with Crippen molar-refractivity contribution in [1.82, 2.24) is 9.78 Å². The Morgan fingerprint density at radius 1 is 1.47 bits per heavy atom. The van der Waals surface area contributed by atoms with Crippen LogP contribution in [0.1, 0.15) is 22.9 Å². The largest absolute Gasteiger partial charge is 0.493 e. The van der Waals surface area contributed by atoms with Crippen molar-refractivity contribution < 1.29 is 9.84 Å². The molecule has 2 atom stereocenters. The van der Waals surface area contributed by atoms with Crippen LogP contribution in [0.4, 0.5) is 0 Å². The van der Waals surface area contributed by atoms with Gasteiger partial charge in [-0.1, -0.05) is 18.2 Å². The molecule has 0 spiro atoms. The molecule has 1 aromatic heterocycles. The Morgan fingerprint density at radius 2 is 2.26 bits per heavy atom. The lowest BCUT2D eigenvalue weighted by Crippen LogP contribution is -2.23. The standard InChI is InChI=1S/C15H18N2O2/c1-10-7-11(17(2)16-10)8-14(18)13-9-19-15-6-4-3-5-12(13)15/h3-7,13-14,18H,8-9H2,1-2H3. The zero-order valence-corrected chi connectivity index (χ0v) is 11.2. The summed E-state index contributed by atoms with van der Waals surface area (Å²) in [6, 6.07) is 9.95. The third-order valence-electron chi connectivity index (χ3n) is 3.72. The highest BCUT2D eigenvalue weighted by Crippen LogP contribution is 2.36. The first-order valence-electron chi connectivity index (χ1n) is 6.54. The third-order valence-corrected chi connectivity index (χ3v) is 3.72. The molecule has 2 aromatic rings. The van der Waals surface area contributed by atoms with E-state index in [4.69, 9.17) is 4.74 Å². The predicted octanol–water partition coefficient (Wildman–Crippen LogP) is 1.81. The lowest BCUT2D eigenvalue weighted by molar-refractivity contribution is 0.127. The van der Waals surface area contributed by atoms with E-state index >= 15 is 0 Å². The average molecular weight is 258 g/mol. The number of aromatic nitrogens is 2. The van der Waals surface area contributed by atoms with Gasteiger partial charge in [-0.05, 0) is 19.1 Å². The molecule has 19 heavy (non-hydrogen) atoms. The van der Waals surface area contributed by atoms with Gasteiger partial charge in [0.05, 0.1) is 18.4 Å². The minimum Gasteiger partial charge on any atom is -0.493 e. The second-order valence-corrected chi connectivity index (χ2v) is 5.13. The monoisotopic (exact) mass is 258 g/mol.